The Bertz CT molecular complexity index is 994. The Kier molecular flexibility index (Phi) is 8.06. The maximum absolute atomic E-state index is 13.5. The summed E-state index contributed by atoms with van der Waals surface area (Å²) >= 11 is 6.03. The van der Waals surface area contributed by atoms with E-state index < -0.39 is 23.1 Å². The molecule has 1 fully saturated rings. The molecule has 0 unspecified atom stereocenters. The Morgan fingerprint density at radius 3 is 2.29 bits per heavy atom. The van der Waals surface area contributed by atoms with Gasteiger partial charge in [0.2, 0.25) is 11.8 Å². The average Bonchev–Trinajstić information content (AvgIpc) is 2.79. The van der Waals surface area contributed by atoms with Gasteiger partial charge in [0.1, 0.15) is 6.04 Å². The first kappa shape index (κ1) is 26.2. The minimum Gasteiger partial charge on any atom is -0.384 e. The van der Waals surface area contributed by atoms with Crippen molar-refractivity contribution in [3.63, 3.8) is 0 Å². The maximum atomic E-state index is 13.5. The number of aliphatic hydroxyl groups is 1. The zero-order valence-corrected chi connectivity index (χ0v) is 21.2. The molecule has 1 heterocycles. The first-order chi connectivity index (χ1) is 15.9. The topological polar surface area (TPSA) is 95.7 Å². The molecule has 6 nitrogen and oxygen atoms in total. The van der Waals surface area contributed by atoms with Gasteiger partial charge >= 0.3 is 0 Å². The number of hydrogen-bond acceptors (Lipinski definition) is 4. The van der Waals surface area contributed by atoms with Gasteiger partial charge in [0.15, 0.2) is 0 Å². The smallest absolute Gasteiger partial charge is 0.245 e. The SMILES string of the molecule is CC(C)[C@@H](NC(=O)[C@H](N)Cc1ccccc1)C(=O)N1CC[C@](O)(c2ccc(Cl)cc2)C(C)(C)C1. The van der Waals surface area contributed by atoms with Gasteiger partial charge < -0.3 is 21.1 Å². The summed E-state index contributed by atoms with van der Waals surface area (Å²) in [5.74, 6) is -0.605. The van der Waals surface area contributed by atoms with E-state index in [9.17, 15) is 14.7 Å². The van der Waals surface area contributed by atoms with Crippen molar-refractivity contribution >= 4 is 23.4 Å². The number of amides is 2. The summed E-state index contributed by atoms with van der Waals surface area (Å²) in [6, 6.07) is 15.4. The molecule has 4 N–H and O–H groups in total. The number of halogens is 1. The molecule has 0 spiro atoms. The molecule has 1 aliphatic rings. The number of benzene rings is 2. The molecular weight excluding hydrogens is 450 g/mol. The molecule has 2 amide bonds. The van der Waals surface area contributed by atoms with Crippen molar-refractivity contribution < 1.29 is 14.7 Å². The Balaban J connectivity index is 1.70. The molecule has 2 aromatic rings. The number of nitrogens with zero attached hydrogens (tertiary/aromatic N) is 1. The second-order valence-corrected chi connectivity index (χ2v) is 10.7. The fraction of sp³-hybridized carbons (Fsp3) is 0.481. The third-order valence-electron chi connectivity index (χ3n) is 6.95. The number of nitrogens with one attached hydrogen (secondary N) is 1. The molecule has 3 rings (SSSR count). The number of carbonyl (C=O) groups excluding carboxylic acids is 2. The van der Waals surface area contributed by atoms with Crippen LogP contribution in [0, 0.1) is 11.3 Å². The van der Waals surface area contributed by atoms with E-state index in [4.69, 9.17) is 17.3 Å². The Morgan fingerprint density at radius 2 is 1.74 bits per heavy atom. The van der Waals surface area contributed by atoms with Gasteiger partial charge in [-0.15, -0.1) is 0 Å². The predicted octanol–water partition coefficient (Wildman–Crippen LogP) is 3.50. The highest BCUT2D eigenvalue weighted by Gasteiger charge is 2.50. The second-order valence-electron chi connectivity index (χ2n) is 10.3. The number of hydrogen-bond donors (Lipinski definition) is 3. The zero-order chi connectivity index (χ0) is 25.1. The summed E-state index contributed by atoms with van der Waals surface area (Å²) in [5, 5.41) is 15.1. The lowest BCUT2D eigenvalue weighted by Crippen LogP contribution is -2.61. The van der Waals surface area contributed by atoms with Crippen LogP contribution in [0.15, 0.2) is 54.6 Å². The van der Waals surface area contributed by atoms with E-state index in [1.165, 1.54) is 0 Å². The Labute approximate surface area is 207 Å². The van der Waals surface area contributed by atoms with E-state index in [1.807, 2.05) is 70.2 Å². The summed E-state index contributed by atoms with van der Waals surface area (Å²) < 4.78 is 0. The number of nitrogens with two attached hydrogens (primary N) is 1. The monoisotopic (exact) mass is 485 g/mol. The van der Waals surface area contributed by atoms with Crippen LogP contribution in [-0.2, 0) is 21.6 Å². The summed E-state index contributed by atoms with van der Waals surface area (Å²) in [6.07, 6.45) is 0.788. The van der Waals surface area contributed by atoms with E-state index >= 15 is 0 Å². The number of piperidine rings is 1. The predicted molar refractivity (Wildman–Crippen MR) is 135 cm³/mol. The molecule has 0 saturated carbocycles. The average molecular weight is 486 g/mol. The van der Waals surface area contributed by atoms with Crippen LogP contribution in [0.1, 0.15) is 45.2 Å². The van der Waals surface area contributed by atoms with Gasteiger partial charge in [-0.25, -0.2) is 0 Å². The zero-order valence-electron chi connectivity index (χ0n) is 20.4. The first-order valence-corrected chi connectivity index (χ1v) is 12.2. The van der Waals surface area contributed by atoms with Gasteiger partial charge in [-0.2, -0.15) is 0 Å². The van der Waals surface area contributed by atoms with Crippen LogP contribution < -0.4 is 11.1 Å². The van der Waals surface area contributed by atoms with E-state index in [0.29, 0.717) is 31.0 Å². The van der Waals surface area contributed by atoms with E-state index in [0.717, 1.165) is 11.1 Å². The standard InChI is InChI=1S/C27H36ClN3O3/c1-18(2)23(30-24(32)22(29)16-19-8-6-5-7-9-19)25(33)31-15-14-27(34,26(3,4)17-31)20-10-12-21(28)13-11-20/h5-13,18,22-23,34H,14-17,29H2,1-4H3,(H,30,32)/t22-,23-,27+/m1/s1. The minimum atomic E-state index is -1.09. The maximum Gasteiger partial charge on any atom is 0.245 e. The van der Waals surface area contributed by atoms with Gasteiger partial charge in [0.25, 0.3) is 0 Å². The summed E-state index contributed by atoms with van der Waals surface area (Å²) in [4.78, 5) is 28.1. The fourth-order valence-corrected chi connectivity index (χ4v) is 4.83. The molecule has 0 radical (unpaired) electrons. The minimum absolute atomic E-state index is 0.111. The van der Waals surface area contributed by atoms with Crippen molar-refractivity contribution in [3.8, 4) is 0 Å². The third-order valence-corrected chi connectivity index (χ3v) is 7.20. The molecule has 184 valence electrons. The number of likely N-dealkylation sites (tertiary alicyclic amines) is 1. The van der Waals surface area contributed by atoms with E-state index in [2.05, 4.69) is 5.32 Å². The van der Waals surface area contributed by atoms with Crippen molar-refractivity contribution in [1.82, 2.24) is 10.2 Å². The molecule has 2 aromatic carbocycles. The summed E-state index contributed by atoms with van der Waals surface area (Å²) in [7, 11) is 0. The van der Waals surface area contributed by atoms with Crippen LogP contribution in [0.25, 0.3) is 0 Å². The van der Waals surface area contributed by atoms with Crippen LogP contribution in [0.4, 0.5) is 0 Å². The Hall–Kier alpha value is -2.41. The van der Waals surface area contributed by atoms with E-state index in [1.54, 1.807) is 17.0 Å². The van der Waals surface area contributed by atoms with Crippen molar-refractivity contribution in [1.29, 1.82) is 0 Å². The lowest BCUT2D eigenvalue weighted by atomic mass is 9.66. The van der Waals surface area contributed by atoms with Crippen LogP contribution in [0.5, 0.6) is 0 Å². The fourth-order valence-electron chi connectivity index (χ4n) is 4.70. The van der Waals surface area contributed by atoms with Crippen LogP contribution >= 0.6 is 11.6 Å². The second kappa shape index (κ2) is 10.5. The molecular formula is C27H36ClN3O3. The molecule has 34 heavy (non-hydrogen) atoms. The molecule has 7 heteroatoms. The molecule has 1 saturated heterocycles. The first-order valence-electron chi connectivity index (χ1n) is 11.8. The van der Waals surface area contributed by atoms with Crippen LogP contribution in [-0.4, -0.2) is 47.0 Å². The lowest BCUT2D eigenvalue weighted by molar-refractivity contribution is -0.156. The lowest BCUT2D eigenvalue weighted by Gasteiger charge is -2.51. The highest BCUT2D eigenvalue weighted by Crippen LogP contribution is 2.46. The third kappa shape index (κ3) is 5.62. The molecule has 0 aromatic heterocycles. The molecule has 0 aliphatic carbocycles. The summed E-state index contributed by atoms with van der Waals surface area (Å²) in [6.45, 7) is 8.48. The molecule has 3 atom stereocenters. The largest absolute Gasteiger partial charge is 0.384 e. The molecule has 0 bridgehead atoms. The van der Waals surface area contributed by atoms with Gasteiger partial charge in [-0.05, 0) is 42.0 Å². The number of carbonyl (C=O) groups is 2. The van der Waals surface area contributed by atoms with Crippen molar-refractivity contribution in [2.45, 2.75) is 58.2 Å². The van der Waals surface area contributed by atoms with Gasteiger partial charge in [0.05, 0.1) is 11.6 Å². The van der Waals surface area contributed by atoms with Crippen molar-refractivity contribution in [2.24, 2.45) is 17.1 Å². The van der Waals surface area contributed by atoms with Gasteiger partial charge in [0, 0.05) is 23.5 Å². The highest BCUT2D eigenvalue weighted by molar-refractivity contribution is 6.30. The van der Waals surface area contributed by atoms with Gasteiger partial charge in [-0.3, -0.25) is 9.59 Å². The van der Waals surface area contributed by atoms with Crippen LogP contribution in [0.2, 0.25) is 5.02 Å². The number of rotatable bonds is 7. The van der Waals surface area contributed by atoms with Gasteiger partial charge in [-0.1, -0.05) is 81.8 Å². The Morgan fingerprint density at radius 1 is 1.12 bits per heavy atom. The summed E-state index contributed by atoms with van der Waals surface area (Å²) in [5.41, 5.74) is 6.21. The van der Waals surface area contributed by atoms with Crippen molar-refractivity contribution in [2.75, 3.05) is 13.1 Å². The normalized spacial score (nSPS) is 21.7. The van der Waals surface area contributed by atoms with E-state index in [-0.39, 0.29) is 17.7 Å². The highest BCUT2D eigenvalue weighted by atomic mass is 35.5. The molecule has 1 aliphatic heterocycles. The van der Waals surface area contributed by atoms with Crippen LogP contribution in [0.3, 0.4) is 0 Å². The van der Waals surface area contributed by atoms with Crippen molar-refractivity contribution in [3.05, 3.63) is 70.7 Å². The quantitative estimate of drug-likeness (QED) is 0.559.